The van der Waals surface area contributed by atoms with Crippen LogP contribution < -0.4 is 0 Å². The first-order chi connectivity index (χ1) is 14.7. The Balaban J connectivity index is 1.37. The van der Waals surface area contributed by atoms with Crippen LogP contribution in [0.25, 0.3) is 0 Å². The third-order valence-corrected chi connectivity index (χ3v) is 6.88. The van der Waals surface area contributed by atoms with Gasteiger partial charge in [-0.25, -0.2) is 4.79 Å². The Morgan fingerprint density at radius 2 is 1.70 bits per heavy atom. The van der Waals surface area contributed by atoms with Gasteiger partial charge >= 0.3 is 5.97 Å². The maximum absolute atomic E-state index is 12.4. The minimum Gasteiger partial charge on any atom is -0.459 e. The predicted octanol–water partition coefficient (Wildman–Crippen LogP) is 7.13. The van der Waals surface area contributed by atoms with Gasteiger partial charge in [0.05, 0.1) is 5.56 Å². The molecule has 1 aromatic carbocycles. The maximum Gasteiger partial charge on any atom is 0.338 e. The van der Waals surface area contributed by atoms with Gasteiger partial charge in [0.25, 0.3) is 0 Å². The minimum absolute atomic E-state index is 0.0372. The van der Waals surface area contributed by atoms with E-state index in [2.05, 4.69) is 37.8 Å². The number of hydrogen-bond donors (Lipinski definition) is 0. The standard InChI is InChI=1S/C28H38O2/c1-3-7-23-14-18-26(19-15-23)28(29)30-27-20-16-25(17-21-27)9-6-5-8-24-12-10-22(4-2)11-13-24/h5,8,14-15,18-19,22,24-25,27H,3-4,7,10-13,16-17,20-21H2,1-2H3. The molecule has 2 aliphatic rings. The van der Waals surface area contributed by atoms with Crippen LogP contribution in [-0.4, -0.2) is 12.1 Å². The molecule has 0 aliphatic heterocycles. The van der Waals surface area contributed by atoms with E-state index in [1.54, 1.807) is 0 Å². The fraction of sp³-hybridized carbons (Fsp3) is 0.607. The van der Waals surface area contributed by atoms with Crippen LogP contribution in [0.5, 0.6) is 0 Å². The molecule has 0 N–H and O–H groups in total. The number of benzene rings is 1. The van der Waals surface area contributed by atoms with Crippen LogP contribution in [0.1, 0.15) is 94.0 Å². The second kappa shape index (κ2) is 12.0. The summed E-state index contributed by atoms with van der Waals surface area (Å²) in [6, 6.07) is 7.86. The van der Waals surface area contributed by atoms with Crippen molar-refractivity contribution in [2.24, 2.45) is 17.8 Å². The topological polar surface area (TPSA) is 26.3 Å². The molecule has 0 heterocycles. The normalized spacial score (nSPS) is 26.7. The summed E-state index contributed by atoms with van der Waals surface area (Å²) >= 11 is 0. The third kappa shape index (κ3) is 7.05. The van der Waals surface area contributed by atoms with Gasteiger partial charge in [0.1, 0.15) is 6.10 Å². The zero-order chi connectivity index (χ0) is 21.2. The van der Waals surface area contributed by atoms with E-state index in [4.69, 9.17) is 4.74 Å². The van der Waals surface area contributed by atoms with E-state index in [0.717, 1.165) is 50.4 Å². The molecule has 0 radical (unpaired) electrons. The highest BCUT2D eigenvalue weighted by atomic mass is 16.5. The SMILES string of the molecule is CCCc1ccc(C(=O)OC2CCC(C#CC=CC3CCC(CC)CC3)CC2)cc1. The van der Waals surface area contributed by atoms with Gasteiger partial charge in [0.2, 0.25) is 0 Å². The van der Waals surface area contributed by atoms with Gasteiger partial charge in [-0.1, -0.05) is 56.7 Å². The van der Waals surface area contributed by atoms with Crippen LogP contribution >= 0.6 is 0 Å². The number of esters is 1. The summed E-state index contributed by atoms with van der Waals surface area (Å²) in [6.45, 7) is 4.48. The monoisotopic (exact) mass is 406 g/mol. The van der Waals surface area contributed by atoms with Crippen molar-refractivity contribution >= 4 is 5.97 Å². The number of ether oxygens (including phenoxy) is 1. The summed E-state index contributed by atoms with van der Waals surface area (Å²) in [7, 11) is 0. The maximum atomic E-state index is 12.4. The first kappa shape index (κ1) is 22.7. The molecule has 0 amide bonds. The van der Waals surface area contributed by atoms with E-state index in [0.29, 0.717) is 11.5 Å². The van der Waals surface area contributed by atoms with E-state index in [9.17, 15) is 4.79 Å². The van der Waals surface area contributed by atoms with Crippen LogP contribution in [0.4, 0.5) is 0 Å². The van der Waals surface area contributed by atoms with Crippen molar-refractivity contribution in [3.05, 3.63) is 47.5 Å². The number of aryl methyl sites for hydroxylation is 1. The van der Waals surface area contributed by atoms with Crippen molar-refractivity contribution in [2.75, 3.05) is 0 Å². The number of hydrogen-bond acceptors (Lipinski definition) is 2. The molecule has 2 saturated carbocycles. The van der Waals surface area contributed by atoms with Crippen molar-refractivity contribution in [1.29, 1.82) is 0 Å². The summed E-state index contributed by atoms with van der Waals surface area (Å²) in [5.74, 6) is 8.65. The Kier molecular flexibility index (Phi) is 9.06. The molecule has 0 aromatic heterocycles. The molecule has 2 nitrogen and oxygen atoms in total. The van der Waals surface area contributed by atoms with Crippen molar-refractivity contribution in [1.82, 2.24) is 0 Å². The van der Waals surface area contributed by atoms with E-state index >= 15 is 0 Å². The summed E-state index contributed by atoms with van der Waals surface area (Å²) in [4.78, 5) is 12.4. The lowest BCUT2D eigenvalue weighted by Crippen LogP contribution is -2.24. The lowest BCUT2D eigenvalue weighted by Gasteiger charge is -2.25. The third-order valence-electron chi connectivity index (χ3n) is 6.88. The molecule has 162 valence electrons. The Morgan fingerprint density at radius 3 is 2.33 bits per heavy atom. The van der Waals surface area contributed by atoms with Gasteiger partial charge in [0, 0.05) is 5.92 Å². The van der Waals surface area contributed by atoms with Crippen LogP contribution in [0.2, 0.25) is 0 Å². The van der Waals surface area contributed by atoms with Gasteiger partial charge in [-0.05, 0) is 93.4 Å². The largest absolute Gasteiger partial charge is 0.459 e. The average Bonchev–Trinajstić information content (AvgIpc) is 2.79. The van der Waals surface area contributed by atoms with E-state index < -0.39 is 0 Å². The number of carbonyl (C=O) groups excluding carboxylic acids is 1. The first-order valence-electron chi connectivity index (χ1n) is 12.2. The molecule has 30 heavy (non-hydrogen) atoms. The molecule has 3 rings (SSSR count). The second-order valence-electron chi connectivity index (χ2n) is 9.16. The zero-order valence-corrected chi connectivity index (χ0v) is 18.9. The first-order valence-corrected chi connectivity index (χ1v) is 12.2. The molecular weight excluding hydrogens is 368 g/mol. The molecule has 0 bridgehead atoms. The lowest BCUT2D eigenvalue weighted by atomic mass is 9.81. The predicted molar refractivity (Wildman–Crippen MR) is 124 cm³/mol. The molecule has 2 heteroatoms. The molecule has 0 spiro atoms. The molecular formula is C28H38O2. The molecule has 0 saturated heterocycles. The summed E-state index contributed by atoms with van der Waals surface area (Å²) < 4.78 is 5.75. The number of carbonyl (C=O) groups is 1. The van der Waals surface area contributed by atoms with Gasteiger partial charge < -0.3 is 4.74 Å². The van der Waals surface area contributed by atoms with Gasteiger partial charge in [-0.15, -0.1) is 0 Å². The van der Waals surface area contributed by atoms with Gasteiger partial charge in [-0.3, -0.25) is 0 Å². The smallest absolute Gasteiger partial charge is 0.338 e. The highest BCUT2D eigenvalue weighted by Gasteiger charge is 2.23. The van der Waals surface area contributed by atoms with Crippen LogP contribution in [0, 0.1) is 29.6 Å². The number of rotatable bonds is 6. The minimum atomic E-state index is -0.187. The lowest BCUT2D eigenvalue weighted by molar-refractivity contribution is 0.0188. The van der Waals surface area contributed by atoms with Crippen molar-refractivity contribution < 1.29 is 9.53 Å². The highest BCUT2D eigenvalue weighted by molar-refractivity contribution is 5.89. The molecule has 2 fully saturated rings. The molecule has 1 aromatic rings. The number of allylic oxidation sites excluding steroid dienone is 2. The quantitative estimate of drug-likeness (QED) is 0.371. The van der Waals surface area contributed by atoms with E-state index in [1.165, 1.54) is 37.7 Å². The Bertz CT molecular complexity index is 733. The summed E-state index contributed by atoms with van der Waals surface area (Å²) in [6.07, 6.45) is 17.3. The second-order valence-corrected chi connectivity index (χ2v) is 9.16. The Labute approximate surface area is 183 Å². The Morgan fingerprint density at radius 1 is 1.00 bits per heavy atom. The summed E-state index contributed by atoms with van der Waals surface area (Å²) in [5, 5.41) is 0. The van der Waals surface area contributed by atoms with E-state index in [-0.39, 0.29) is 12.1 Å². The Hall–Kier alpha value is -2.01. The fourth-order valence-corrected chi connectivity index (χ4v) is 4.78. The molecule has 0 atom stereocenters. The van der Waals surface area contributed by atoms with Crippen molar-refractivity contribution in [3.63, 3.8) is 0 Å². The van der Waals surface area contributed by atoms with Gasteiger partial charge in [-0.2, -0.15) is 0 Å². The molecule has 2 aliphatic carbocycles. The van der Waals surface area contributed by atoms with Crippen molar-refractivity contribution in [2.45, 2.75) is 90.6 Å². The van der Waals surface area contributed by atoms with Gasteiger partial charge in [0.15, 0.2) is 0 Å². The van der Waals surface area contributed by atoms with Crippen molar-refractivity contribution in [3.8, 4) is 11.8 Å². The van der Waals surface area contributed by atoms with Crippen LogP contribution in [0.3, 0.4) is 0 Å². The average molecular weight is 407 g/mol. The summed E-state index contributed by atoms with van der Waals surface area (Å²) in [5.41, 5.74) is 1.94. The highest BCUT2D eigenvalue weighted by Crippen LogP contribution is 2.31. The zero-order valence-electron chi connectivity index (χ0n) is 18.9. The molecule has 0 unspecified atom stereocenters. The van der Waals surface area contributed by atoms with Crippen LogP contribution in [-0.2, 0) is 11.2 Å². The van der Waals surface area contributed by atoms with Crippen LogP contribution in [0.15, 0.2) is 36.4 Å². The fourth-order valence-electron chi connectivity index (χ4n) is 4.78. The van der Waals surface area contributed by atoms with E-state index in [1.807, 2.05) is 24.3 Å².